The molecule has 2 aromatic rings. The molecule has 0 fully saturated rings. The van der Waals surface area contributed by atoms with Gasteiger partial charge >= 0.3 is 0 Å². The number of sulfonamides is 1. The molecule has 0 bridgehead atoms. The van der Waals surface area contributed by atoms with E-state index < -0.39 is 10.0 Å². The summed E-state index contributed by atoms with van der Waals surface area (Å²) in [7, 11) is -3.69. The number of nitrogens with zero attached hydrogens (tertiary/aromatic N) is 1. The molecule has 0 spiro atoms. The summed E-state index contributed by atoms with van der Waals surface area (Å²) in [5.41, 5.74) is 6.55. The van der Waals surface area contributed by atoms with Crippen molar-refractivity contribution >= 4 is 22.4 Å². The van der Waals surface area contributed by atoms with E-state index in [2.05, 4.69) is 0 Å². The first kappa shape index (κ1) is 20.5. The van der Waals surface area contributed by atoms with Crippen LogP contribution in [0.2, 0.25) is 0 Å². The lowest BCUT2D eigenvalue weighted by molar-refractivity contribution is 0.296. The maximum atomic E-state index is 13.1. The number of nitrogens with two attached hydrogens (primary N) is 1. The van der Waals surface area contributed by atoms with E-state index in [0.29, 0.717) is 24.7 Å². The van der Waals surface area contributed by atoms with Gasteiger partial charge in [0.25, 0.3) is 0 Å². The van der Waals surface area contributed by atoms with Crippen molar-refractivity contribution in [3.8, 4) is 11.5 Å². The van der Waals surface area contributed by atoms with Crippen molar-refractivity contribution in [3.63, 3.8) is 0 Å². The first-order valence-corrected chi connectivity index (χ1v) is 9.69. The first-order chi connectivity index (χ1) is 12.1. The molecule has 0 unspecified atom stereocenters. The molecule has 0 aliphatic carbocycles. The van der Waals surface area contributed by atoms with Crippen LogP contribution in [-0.2, 0) is 16.6 Å². The summed E-state index contributed by atoms with van der Waals surface area (Å²) in [6.07, 6.45) is 0.768. The molecule has 0 saturated heterocycles. The molecular formula is C18H23ClN2O4S. The van der Waals surface area contributed by atoms with Crippen LogP contribution in [-0.4, -0.2) is 39.0 Å². The predicted molar refractivity (Wildman–Crippen MR) is 102 cm³/mol. The molecular weight excluding hydrogens is 376 g/mol. The van der Waals surface area contributed by atoms with Gasteiger partial charge in [0.15, 0.2) is 11.5 Å². The average molecular weight is 399 g/mol. The van der Waals surface area contributed by atoms with Crippen molar-refractivity contribution in [1.82, 2.24) is 4.31 Å². The van der Waals surface area contributed by atoms with Gasteiger partial charge in [0.2, 0.25) is 10.0 Å². The van der Waals surface area contributed by atoms with Crippen molar-refractivity contribution in [2.75, 3.05) is 26.3 Å². The molecule has 2 N–H and O–H groups in total. The van der Waals surface area contributed by atoms with E-state index in [9.17, 15) is 8.42 Å². The molecule has 26 heavy (non-hydrogen) atoms. The molecule has 1 heterocycles. The zero-order valence-corrected chi connectivity index (χ0v) is 16.0. The maximum Gasteiger partial charge on any atom is 0.243 e. The number of fused-ring (bicyclic) bond motifs is 1. The summed E-state index contributed by atoms with van der Waals surface area (Å²) >= 11 is 0. The molecule has 142 valence electrons. The summed E-state index contributed by atoms with van der Waals surface area (Å²) in [5, 5.41) is 0. The molecule has 6 nitrogen and oxygen atoms in total. The van der Waals surface area contributed by atoms with E-state index in [-0.39, 0.29) is 36.9 Å². The van der Waals surface area contributed by atoms with Crippen LogP contribution in [0.5, 0.6) is 11.5 Å². The van der Waals surface area contributed by atoms with Crippen molar-refractivity contribution < 1.29 is 17.9 Å². The highest BCUT2D eigenvalue weighted by atomic mass is 35.5. The predicted octanol–water partition coefficient (Wildman–Crippen LogP) is 2.42. The molecule has 8 heteroatoms. The summed E-state index contributed by atoms with van der Waals surface area (Å²) in [5.74, 6) is 1.04. The Morgan fingerprint density at radius 2 is 1.69 bits per heavy atom. The maximum absolute atomic E-state index is 13.1. The van der Waals surface area contributed by atoms with Gasteiger partial charge in [-0.25, -0.2) is 8.42 Å². The Hall–Kier alpha value is -1.80. The van der Waals surface area contributed by atoms with Crippen LogP contribution < -0.4 is 15.2 Å². The van der Waals surface area contributed by atoms with E-state index >= 15 is 0 Å². The Morgan fingerprint density at radius 1 is 1.00 bits per heavy atom. The molecule has 0 saturated carbocycles. The fraction of sp³-hybridized carbons (Fsp3) is 0.333. The van der Waals surface area contributed by atoms with Gasteiger partial charge in [-0.3, -0.25) is 0 Å². The summed E-state index contributed by atoms with van der Waals surface area (Å²) in [6.45, 7) is 1.83. The van der Waals surface area contributed by atoms with Crippen LogP contribution in [0.3, 0.4) is 0 Å². The van der Waals surface area contributed by atoms with E-state index in [1.807, 2.05) is 30.3 Å². The van der Waals surface area contributed by atoms with Crippen molar-refractivity contribution in [3.05, 3.63) is 54.1 Å². The Kier molecular flexibility index (Phi) is 7.28. The summed E-state index contributed by atoms with van der Waals surface area (Å²) < 4.78 is 38.7. The van der Waals surface area contributed by atoms with Crippen LogP contribution in [0.1, 0.15) is 12.0 Å². The third kappa shape index (κ3) is 4.67. The standard InChI is InChI=1S/C18H22N2O4S.ClH/c19-9-10-20(14-15-5-2-1-3-6-15)25(21,22)16-7-8-17-18(13-16)24-12-4-11-23-17;/h1-3,5-8,13H,4,9-12,14,19H2;1H. The van der Waals surface area contributed by atoms with Crippen LogP contribution in [0.25, 0.3) is 0 Å². The lowest BCUT2D eigenvalue weighted by Gasteiger charge is -2.22. The van der Waals surface area contributed by atoms with Crippen molar-refractivity contribution in [2.45, 2.75) is 17.9 Å². The van der Waals surface area contributed by atoms with Gasteiger partial charge < -0.3 is 15.2 Å². The van der Waals surface area contributed by atoms with E-state index in [4.69, 9.17) is 15.2 Å². The fourth-order valence-corrected chi connectivity index (χ4v) is 4.13. The minimum atomic E-state index is -3.69. The highest BCUT2D eigenvalue weighted by Gasteiger charge is 2.26. The number of halogens is 1. The molecule has 0 aromatic heterocycles. The highest BCUT2D eigenvalue weighted by Crippen LogP contribution is 2.33. The number of benzene rings is 2. The Morgan fingerprint density at radius 3 is 2.38 bits per heavy atom. The van der Waals surface area contributed by atoms with Gasteiger partial charge in [-0.15, -0.1) is 12.4 Å². The summed E-state index contributed by atoms with van der Waals surface area (Å²) in [6, 6.07) is 14.2. The van der Waals surface area contributed by atoms with Crippen LogP contribution in [0.15, 0.2) is 53.4 Å². The van der Waals surface area contributed by atoms with Crippen molar-refractivity contribution in [1.29, 1.82) is 0 Å². The van der Waals surface area contributed by atoms with Gasteiger partial charge in [0.1, 0.15) is 0 Å². The van der Waals surface area contributed by atoms with Crippen LogP contribution in [0, 0.1) is 0 Å². The van der Waals surface area contributed by atoms with Crippen LogP contribution >= 0.6 is 12.4 Å². The van der Waals surface area contributed by atoms with Gasteiger partial charge in [0.05, 0.1) is 18.1 Å². The van der Waals surface area contributed by atoms with Gasteiger partial charge in [-0.1, -0.05) is 30.3 Å². The normalized spacial score (nSPS) is 13.8. The molecule has 0 amide bonds. The fourth-order valence-electron chi connectivity index (χ4n) is 2.67. The monoisotopic (exact) mass is 398 g/mol. The molecule has 0 atom stereocenters. The molecule has 2 aromatic carbocycles. The second kappa shape index (κ2) is 9.23. The van der Waals surface area contributed by atoms with Crippen LogP contribution in [0.4, 0.5) is 0 Å². The number of hydrogen-bond acceptors (Lipinski definition) is 5. The van der Waals surface area contributed by atoms with E-state index in [0.717, 1.165) is 12.0 Å². The lowest BCUT2D eigenvalue weighted by atomic mass is 10.2. The topological polar surface area (TPSA) is 81.9 Å². The molecule has 0 radical (unpaired) electrons. The highest BCUT2D eigenvalue weighted by molar-refractivity contribution is 7.89. The Labute approximate surface area is 160 Å². The first-order valence-electron chi connectivity index (χ1n) is 8.25. The largest absolute Gasteiger partial charge is 0.490 e. The van der Waals surface area contributed by atoms with E-state index in [1.165, 1.54) is 10.4 Å². The second-order valence-corrected chi connectivity index (χ2v) is 7.71. The molecule has 1 aliphatic heterocycles. The summed E-state index contributed by atoms with van der Waals surface area (Å²) in [4.78, 5) is 0.182. The SMILES string of the molecule is Cl.NCCN(Cc1ccccc1)S(=O)(=O)c1ccc2c(c1)OCCCO2. The average Bonchev–Trinajstić information content (AvgIpc) is 2.87. The number of hydrogen-bond donors (Lipinski definition) is 1. The lowest BCUT2D eigenvalue weighted by Crippen LogP contribution is -2.34. The zero-order valence-electron chi connectivity index (χ0n) is 14.3. The minimum absolute atomic E-state index is 0. The smallest absolute Gasteiger partial charge is 0.243 e. The Balaban J connectivity index is 0.00000243. The van der Waals surface area contributed by atoms with Gasteiger partial charge in [-0.05, 0) is 17.7 Å². The number of ether oxygens (including phenoxy) is 2. The third-order valence-corrected chi connectivity index (χ3v) is 5.78. The molecule has 1 aliphatic rings. The van der Waals surface area contributed by atoms with Gasteiger partial charge in [-0.2, -0.15) is 4.31 Å². The Bertz CT molecular complexity index is 815. The second-order valence-electron chi connectivity index (χ2n) is 5.77. The molecule has 3 rings (SSSR count). The van der Waals surface area contributed by atoms with Crippen molar-refractivity contribution in [2.24, 2.45) is 5.73 Å². The minimum Gasteiger partial charge on any atom is -0.490 e. The van der Waals surface area contributed by atoms with E-state index in [1.54, 1.807) is 12.1 Å². The quantitative estimate of drug-likeness (QED) is 0.808. The van der Waals surface area contributed by atoms with Gasteiger partial charge in [0, 0.05) is 32.1 Å². The third-order valence-electron chi connectivity index (χ3n) is 3.94. The zero-order chi connectivity index (χ0) is 17.7. The number of rotatable bonds is 6.